The first-order valence-electron chi connectivity index (χ1n) is 20.3. The van der Waals surface area contributed by atoms with E-state index >= 15 is 0 Å². The number of allylic oxidation sites excluding steroid dienone is 2. The number of nitrogens with zero attached hydrogens (tertiary/aromatic N) is 3. The van der Waals surface area contributed by atoms with E-state index in [0.717, 1.165) is 32.1 Å². The number of hydrogen-bond acceptors (Lipinski definition) is 13. The molecule has 0 spiro atoms. The van der Waals surface area contributed by atoms with E-state index in [9.17, 15) is 19.5 Å². The van der Waals surface area contributed by atoms with Crippen molar-refractivity contribution >= 4 is 5.78 Å². The molecule has 4 unspecified atom stereocenters. The van der Waals surface area contributed by atoms with Crippen LogP contribution in [0.4, 0.5) is 0 Å². The van der Waals surface area contributed by atoms with Crippen LogP contribution in [0.2, 0.25) is 0 Å². The van der Waals surface area contributed by atoms with Crippen LogP contribution in [0.15, 0.2) is 27.2 Å². The van der Waals surface area contributed by atoms with Gasteiger partial charge in [0.2, 0.25) is 0 Å². The molecule has 13 atom stereocenters. The highest BCUT2D eigenvalue weighted by atomic mass is 16.7. The Morgan fingerprint density at radius 2 is 1.58 bits per heavy atom. The minimum Gasteiger partial charge on any atom is -0.350 e. The zero-order valence-corrected chi connectivity index (χ0v) is 32.8. The fourth-order valence-corrected chi connectivity index (χ4v) is 11.8. The summed E-state index contributed by atoms with van der Waals surface area (Å²) in [4.78, 5) is 52.2. The van der Waals surface area contributed by atoms with Gasteiger partial charge in [0.05, 0.1) is 37.0 Å². The van der Waals surface area contributed by atoms with Crippen LogP contribution < -0.4 is 5.90 Å². The van der Waals surface area contributed by atoms with Crippen molar-refractivity contribution in [2.75, 3.05) is 13.2 Å². The SMILES string of the molecule is CC1(C)C(=O)CCC2C1=CCC1C3CCC(CCC[C@@H](O[C@H]4C[C@@H](N=O)C[C@@H](CO[C@H]5C[C@@H](N=O)C[C@@H](CN=O)O5)O4)C(C)(C)ON)[C@@]3(C)CC[C@@]21C. The van der Waals surface area contributed by atoms with Gasteiger partial charge in [-0.25, -0.2) is 5.90 Å². The number of carbonyl (C=O) groups is 1. The van der Waals surface area contributed by atoms with E-state index in [4.69, 9.17) is 29.7 Å². The molecular weight excluding hydrogens is 680 g/mol. The van der Waals surface area contributed by atoms with Gasteiger partial charge < -0.3 is 18.9 Å². The van der Waals surface area contributed by atoms with Crippen molar-refractivity contribution in [3.05, 3.63) is 26.4 Å². The number of rotatable bonds is 15. The molecule has 6 rings (SSSR count). The van der Waals surface area contributed by atoms with E-state index in [0.29, 0.717) is 60.6 Å². The number of nitrogens with two attached hydrogens (primary N) is 1. The van der Waals surface area contributed by atoms with Crippen LogP contribution in [0, 0.1) is 54.6 Å². The summed E-state index contributed by atoms with van der Waals surface area (Å²) in [5, 5.41) is 9.39. The molecule has 0 aromatic heterocycles. The Hall–Kier alpha value is -2.03. The first-order valence-corrected chi connectivity index (χ1v) is 20.3. The standard InChI is InChI=1S/C40H64N4O9/c1-37(2)29-12-13-32-31-11-10-24(39(31,5)16-17-40(32,6)30(29)14-15-33(37)45)8-7-9-34(38(3,4)53-41)52-36-21-26(44-48)19-28(51-36)23-49-35-20-25(43-47)18-27(50-35)22-42-46/h12,24-28,30-32,34-36H,7-11,13-23,41H2,1-6H3/t24?,25-,26-,27-,28-,30?,31?,32?,34+,35+,36-,39+,40-/m0/s1. The predicted octanol–water partition coefficient (Wildman–Crippen LogP) is 8.06. The molecule has 2 heterocycles. The van der Waals surface area contributed by atoms with Crippen LogP contribution in [-0.2, 0) is 28.6 Å². The van der Waals surface area contributed by atoms with Crippen LogP contribution in [0.1, 0.15) is 131 Å². The van der Waals surface area contributed by atoms with Crippen LogP contribution in [0.3, 0.4) is 0 Å². The zero-order valence-electron chi connectivity index (χ0n) is 32.8. The number of carbonyl (C=O) groups excluding carboxylic acids is 1. The van der Waals surface area contributed by atoms with Gasteiger partial charge in [0.25, 0.3) is 0 Å². The summed E-state index contributed by atoms with van der Waals surface area (Å²) in [7, 11) is 0. The molecule has 2 saturated heterocycles. The first kappa shape index (κ1) is 40.6. The highest BCUT2D eigenvalue weighted by molar-refractivity contribution is 5.88. The maximum absolute atomic E-state index is 12.9. The average molecular weight is 745 g/mol. The lowest BCUT2D eigenvalue weighted by Gasteiger charge is -2.61. The molecule has 298 valence electrons. The van der Waals surface area contributed by atoms with Gasteiger partial charge in [-0.1, -0.05) is 47.4 Å². The number of ketones is 1. The molecule has 13 heteroatoms. The van der Waals surface area contributed by atoms with Crippen molar-refractivity contribution in [3.63, 3.8) is 0 Å². The monoisotopic (exact) mass is 744 g/mol. The highest BCUT2D eigenvalue weighted by Crippen LogP contribution is 2.69. The second-order valence-electron chi connectivity index (χ2n) is 18.8. The van der Waals surface area contributed by atoms with Crippen molar-refractivity contribution in [1.82, 2.24) is 0 Å². The summed E-state index contributed by atoms with van der Waals surface area (Å²) in [6.45, 7) is 13.3. The fraction of sp³-hybridized carbons (Fsp3) is 0.925. The maximum atomic E-state index is 12.9. The van der Waals surface area contributed by atoms with Crippen LogP contribution in [-0.4, -0.2) is 67.5 Å². The Labute approximate surface area is 314 Å². The lowest BCUT2D eigenvalue weighted by atomic mass is 9.43. The fourth-order valence-electron chi connectivity index (χ4n) is 11.8. The molecule has 0 aromatic rings. The first-order chi connectivity index (χ1) is 25.2. The van der Waals surface area contributed by atoms with Crippen LogP contribution >= 0.6 is 0 Å². The van der Waals surface area contributed by atoms with Crippen molar-refractivity contribution in [1.29, 1.82) is 0 Å². The van der Waals surface area contributed by atoms with Gasteiger partial charge >= 0.3 is 0 Å². The summed E-state index contributed by atoms with van der Waals surface area (Å²) in [6.07, 6.45) is 11.4. The van der Waals surface area contributed by atoms with E-state index in [1.807, 2.05) is 13.8 Å². The number of Topliss-reactive ketones (excluding diaryl/α,β-unsaturated/α-hetero) is 1. The molecule has 3 saturated carbocycles. The third kappa shape index (κ3) is 8.12. The molecule has 0 aromatic carbocycles. The lowest BCUT2D eigenvalue weighted by Crippen LogP contribution is -2.54. The Bertz CT molecular complexity index is 1380. The lowest BCUT2D eigenvalue weighted by molar-refractivity contribution is -0.269. The Balaban J connectivity index is 1.06. The predicted molar refractivity (Wildman–Crippen MR) is 199 cm³/mol. The van der Waals surface area contributed by atoms with E-state index in [1.165, 1.54) is 31.3 Å². The molecule has 0 amide bonds. The van der Waals surface area contributed by atoms with Crippen molar-refractivity contribution in [2.45, 2.75) is 180 Å². The molecule has 53 heavy (non-hydrogen) atoms. The quantitative estimate of drug-likeness (QED) is 0.0980. The minimum absolute atomic E-state index is 0.0821. The van der Waals surface area contributed by atoms with Gasteiger partial charge in [-0.15, -0.1) is 0 Å². The van der Waals surface area contributed by atoms with Crippen LogP contribution in [0.25, 0.3) is 0 Å². The highest BCUT2D eigenvalue weighted by Gasteiger charge is 2.61. The third-order valence-electron chi connectivity index (χ3n) is 15.1. The Morgan fingerprint density at radius 1 is 0.906 bits per heavy atom. The Morgan fingerprint density at radius 3 is 2.28 bits per heavy atom. The van der Waals surface area contributed by atoms with Gasteiger partial charge in [0.15, 0.2) is 12.6 Å². The Kier molecular flexibility index (Phi) is 12.4. The molecule has 0 radical (unpaired) electrons. The van der Waals surface area contributed by atoms with E-state index in [1.54, 1.807) is 0 Å². The molecular formula is C40H64N4O9. The number of ether oxygens (including phenoxy) is 4. The molecule has 5 fully saturated rings. The largest absolute Gasteiger partial charge is 0.350 e. The molecule has 2 N–H and O–H groups in total. The number of nitroso groups, excluding NO2 is 3. The van der Waals surface area contributed by atoms with E-state index in [-0.39, 0.29) is 36.5 Å². The van der Waals surface area contributed by atoms with Crippen LogP contribution in [0.5, 0.6) is 0 Å². The summed E-state index contributed by atoms with van der Waals surface area (Å²) in [5.74, 6) is 8.72. The normalized spacial score (nSPS) is 41.7. The van der Waals surface area contributed by atoms with Crippen molar-refractivity contribution in [2.24, 2.45) is 61.3 Å². The van der Waals surface area contributed by atoms with Gasteiger partial charge in [0.1, 0.15) is 17.9 Å². The molecule has 13 nitrogen and oxygen atoms in total. The number of fused-ring (bicyclic) bond motifs is 5. The number of hydrogen-bond donors (Lipinski definition) is 1. The minimum atomic E-state index is -0.804. The van der Waals surface area contributed by atoms with E-state index in [2.05, 4.69) is 49.3 Å². The second-order valence-corrected chi connectivity index (χ2v) is 18.8. The summed E-state index contributed by atoms with van der Waals surface area (Å²) < 4.78 is 24.7. The molecule has 0 bridgehead atoms. The topological polar surface area (TPSA) is 178 Å². The maximum Gasteiger partial charge on any atom is 0.160 e. The van der Waals surface area contributed by atoms with Gasteiger partial charge in [-0.05, 0) is 114 Å². The van der Waals surface area contributed by atoms with Crippen molar-refractivity contribution < 1.29 is 28.6 Å². The molecule has 2 aliphatic heterocycles. The molecule has 6 aliphatic rings. The third-order valence-corrected chi connectivity index (χ3v) is 15.1. The zero-order chi connectivity index (χ0) is 38.2. The van der Waals surface area contributed by atoms with Crippen molar-refractivity contribution in [3.8, 4) is 0 Å². The van der Waals surface area contributed by atoms with Gasteiger partial charge in [0, 0.05) is 37.5 Å². The summed E-state index contributed by atoms with van der Waals surface area (Å²) >= 11 is 0. The summed E-state index contributed by atoms with van der Waals surface area (Å²) in [5.41, 5.74) is 0.836. The molecule has 4 aliphatic carbocycles. The van der Waals surface area contributed by atoms with Gasteiger partial charge in [-0.2, -0.15) is 14.7 Å². The second kappa shape index (κ2) is 16.2. The van der Waals surface area contributed by atoms with Gasteiger partial charge in [-0.3, -0.25) is 9.63 Å². The summed E-state index contributed by atoms with van der Waals surface area (Å²) in [6, 6.07) is -1.05. The smallest absolute Gasteiger partial charge is 0.160 e. The average Bonchev–Trinajstić information content (AvgIpc) is 3.47. The van der Waals surface area contributed by atoms with E-state index < -0.39 is 42.5 Å².